The first-order chi connectivity index (χ1) is 5.69. The van der Waals surface area contributed by atoms with Crippen molar-refractivity contribution in [3.05, 3.63) is 19.2 Å². The molecule has 3 nitrogen and oxygen atoms in total. The Morgan fingerprint density at radius 1 is 1.67 bits per heavy atom. The number of halogens is 2. The molecule has 0 atom stereocenters. The molecule has 0 radical (unpaired) electrons. The fourth-order valence-electron chi connectivity index (χ4n) is 0.764. The molecule has 12 heavy (non-hydrogen) atoms. The number of hydrogen-bond acceptors (Lipinski definition) is 3. The van der Waals surface area contributed by atoms with Crippen LogP contribution in [0, 0.1) is 0 Å². The van der Waals surface area contributed by atoms with Gasteiger partial charge in [0.2, 0.25) is 0 Å². The first kappa shape index (κ1) is 10.2. The van der Waals surface area contributed by atoms with Gasteiger partial charge < -0.3 is 5.43 Å². The molecule has 1 aromatic rings. The molecule has 0 aliphatic rings. The van der Waals surface area contributed by atoms with Crippen molar-refractivity contribution in [3.8, 4) is 0 Å². The number of nitrogens with zero attached hydrogens (tertiary/aromatic N) is 1. The van der Waals surface area contributed by atoms with Crippen molar-refractivity contribution in [2.24, 2.45) is 10.8 Å². The molecular formula is C6H7Br2N3S. The van der Waals surface area contributed by atoms with Gasteiger partial charge in [0.1, 0.15) is 5.84 Å². The molecule has 0 bridgehead atoms. The monoisotopic (exact) mass is 311 g/mol. The molecule has 0 aliphatic heterocycles. The van der Waals surface area contributed by atoms with Crippen molar-refractivity contribution in [1.29, 1.82) is 0 Å². The molecule has 0 aromatic carbocycles. The Morgan fingerprint density at radius 2 is 2.33 bits per heavy atom. The number of hydrazine groups is 1. The topological polar surface area (TPSA) is 50.4 Å². The molecule has 0 saturated carbocycles. The van der Waals surface area contributed by atoms with Crippen LogP contribution in [-0.2, 0) is 0 Å². The maximum atomic E-state index is 5.28. The van der Waals surface area contributed by atoms with Crippen LogP contribution in [-0.4, -0.2) is 12.9 Å². The summed E-state index contributed by atoms with van der Waals surface area (Å²) in [5, 5.41) is 0. The van der Waals surface area contributed by atoms with Crippen molar-refractivity contribution in [2.45, 2.75) is 0 Å². The van der Waals surface area contributed by atoms with Crippen LogP contribution >= 0.6 is 43.2 Å². The summed E-state index contributed by atoms with van der Waals surface area (Å²) in [5.74, 6) is 5.95. The van der Waals surface area contributed by atoms with Gasteiger partial charge >= 0.3 is 0 Å². The van der Waals surface area contributed by atoms with E-state index in [-0.39, 0.29) is 0 Å². The fourth-order valence-corrected chi connectivity index (χ4v) is 3.57. The van der Waals surface area contributed by atoms with Gasteiger partial charge in [-0.15, -0.1) is 11.3 Å². The number of nitrogens with one attached hydrogen (secondary N) is 1. The zero-order chi connectivity index (χ0) is 9.14. The zero-order valence-electron chi connectivity index (χ0n) is 6.27. The molecular weight excluding hydrogens is 306 g/mol. The Kier molecular flexibility index (Phi) is 3.70. The number of nitrogens with two attached hydrogens (primary N) is 1. The summed E-state index contributed by atoms with van der Waals surface area (Å²) in [6.07, 6.45) is 0. The second kappa shape index (κ2) is 4.36. The Bertz CT molecular complexity index is 308. The van der Waals surface area contributed by atoms with Gasteiger partial charge in [-0.05, 0) is 37.9 Å². The highest BCUT2D eigenvalue weighted by atomic mass is 79.9. The van der Waals surface area contributed by atoms with Crippen LogP contribution in [0.4, 0.5) is 0 Å². The minimum Gasteiger partial charge on any atom is -0.308 e. The van der Waals surface area contributed by atoms with E-state index in [1.54, 1.807) is 18.4 Å². The normalized spacial score (nSPS) is 11.8. The summed E-state index contributed by atoms with van der Waals surface area (Å²) in [6.45, 7) is 0. The Balaban J connectivity index is 3.09. The first-order valence-electron chi connectivity index (χ1n) is 3.07. The smallest absolute Gasteiger partial charge is 0.144 e. The van der Waals surface area contributed by atoms with Gasteiger partial charge in [-0.2, -0.15) is 0 Å². The third-order valence-corrected chi connectivity index (χ3v) is 3.61. The molecule has 0 spiro atoms. The number of thiophene rings is 1. The predicted octanol–water partition coefficient (Wildman–Crippen LogP) is 2.11. The van der Waals surface area contributed by atoms with Crippen molar-refractivity contribution >= 4 is 49.0 Å². The third-order valence-electron chi connectivity index (χ3n) is 1.27. The van der Waals surface area contributed by atoms with Crippen molar-refractivity contribution < 1.29 is 0 Å². The second-order valence-corrected chi connectivity index (χ2v) is 5.70. The quantitative estimate of drug-likeness (QED) is 0.361. The van der Waals surface area contributed by atoms with Crippen LogP contribution in [0.15, 0.2) is 18.6 Å². The van der Waals surface area contributed by atoms with E-state index in [1.165, 1.54) is 0 Å². The average Bonchev–Trinajstić information content (AvgIpc) is 2.34. The molecule has 1 aromatic heterocycles. The zero-order valence-corrected chi connectivity index (χ0v) is 10.3. The lowest BCUT2D eigenvalue weighted by Crippen LogP contribution is -2.30. The van der Waals surface area contributed by atoms with Gasteiger partial charge in [0, 0.05) is 12.6 Å². The second-order valence-electron chi connectivity index (χ2n) is 1.95. The predicted molar refractivity (Wildman–Crippen MR) is 59.5 cm³/mol. The summed E-state index contributed by atoms with van der Waals surface area (Å²) < 4.78 is 2.05. The van der Waals surface area contributed by atoms with E-state index in [0.717, 1.165) is 13.1 Å². The number of rotatable bonds is 1. The van der Waals surface area contributed by atoms with Crippen molar-refractivity contribution in [2.75, 3.05) is 7.05 Å². The van der Waals surface area contributed by atoms with E-state index in [2.05, 4.69) is 42.3 Å². The van der Waals surface area contributed by atoms with E-state index in [4.69, 9.17) is 5.84 Å². The maximum absolute atomic E-state index is 5.28. The number of hydrogen-bond donors (Lipinski definition) is 2. The summed E-state index contributed by atoms with van der Waals surface area (Å²) in [5.41, 5.74) is 3.50. The largest absolute Gasteiger partial charge is 0.308 e. The van der Waals surface area contributed by atoms with Gasteiger partial charge in [-0.3, -0.25) is 4.99 Å². The van der Waals surface area contributed by atoms with Crippen LogP contribution in [0.3, 0.4) is 0 Å². The minimum atomic E-state index is 0.670. The molecule has 6 heteroatoms. The van der Waals surface area contributed by atoms with Gasteiger partial charge in [0.25, 0.3) is 0 Å². The summed E-state index contributed by atoms with van der Waals surface area (Å²) in [6, 6.07) is 1.96. The number of aliphatic imine (C=N–C) groups is 1. The van der Waals surface area contributed by atoms with Gasteiger partial charge in [-0.1, -0.05) is 0 Å². The molecule has 3 N–H and O–H groups in total. The van der Waals surface area contributed by atoms with Gasteiger partial charge in [0.15, 0.2) is 0 Å². The SMILES string of the molecule is CN=C(NN)c1cc(Br)sc1Br. The molecule has 0 unspecified atom stereocenters. The molecule has 0 fully saturated rings. The molecule has 0 aliphatic carbocycles. The van der Waals surface area contributed by atoms with Crippen LogP contribution in [0.25, 0.3) is 0 Å². The van der Waals surface area contributed by atoms with Crippen LogP contribution < -0.4 is 11.3 Å². The Labute approximate surface area is 91.3 Å². The molecule has 0 saturated heterocycles. The Hall–Kier alpha value is 0.0900. The highest BCUT2D eigenvalue weighted by molar-refractivity contribution is 9.12. The average molecular weight is 313 g/mol. The summed E-state index contributed by atoms with van der Waals surface area (Å²) >= 11 is 8.37. The van der Waals surface area contributed by atoms with E-state index in [1.807, 2.05) is 6.07 Å². The summed E-state index contributed by atoms with van der Waals surface area (Å²) in [4.78, 5) is 3.99. The first-order valence-corrected chi connectivity index (χ1v) is 5.48. The Morgan fingerprint density at radius 3 is 2.67 bits per heavy atom. The number of amidine groups is 1. The summed E-state index contributed by atoms with van der Waals surface area (Å²) in [7, 11) is 1.69. The minimum absolute atomic E-state index is 0.670. The lowest BCUT2D eigenvalue weighted by Gasteiger charge is -2.01. The van der Waals surface area contributed by atoms with Crippen molar-refractivity contribution in [1.82, 2.24) is 5.43 Å². The molecule has 0 amide bonds. The molecule has 1 rings (SSSR count). The van der Waals surface area contributed by atoms with E-state index < -0.39 is 0 Å². The highest BCUT2D eigenvalue weighted by Gasteiger charge is 2.09. The van der Waals surface area contributed by atoms with Gasteiger partial charge in [-0.25, -0.2) is 5.84 Å². The van der Waals surface area contributed by atoms with Crippen LogP contribution in [0.1, 0.15) is 5.56 Å². The maximum Gasteiger partial charge on any atom is 0.144 e. The highest BCUT2D eigenvalue weighted by Crippen LogP contribution is 2.31. The molecule has 66 valence electrons. The lowest BCUT2D eigenvalue weighted by atomic mass is 10.3. The fraction of sp³-hybridized carbons (Fsp3) is 0.167. The van der Waals surface area contributed by atoms with Crippen molar-refractivity contribution in [3.63, 3.8) is 0 Å². The van der Waals surface area contributed by atoms with Gasteiger partial charge in [0.05, 0.1) is 7.57 Å². The van der Waals surface area contributed by atoms with Crippen LogP contribution in [0.5, 0.6) is 0 Å². The lowest BCUT2D eigenvalue weighted by molar-refractivity contribution is 1.02. The standard InChI is InChI=1S/C6H7Br2N3S/c1-10-6(11-9)3-2-4(7)12-5(3)8/h2H,9H2,1H3,(H,10,11). The van der Waals surface area contributed by atoms with E-state index in [0.29, 0.717) is 5.84 Å². The third kappa shape index (κ3) is 2.07. The molecule has 1 heterocycles. The van der Waals surface area contributed by atoms with Crippen LogP contribution in [0.2, 0.25) is 0 Å². The van der Waals surface area contributed by atoms with E-state index in [9.17, 15) is 0 Å². The van der Waals surface area contributed by atoms with E-state index >= 15 is 0 Å².